The van der Waals surface area contributed by atoms with Crippen molar-refractivity contribution in [3.63, 3.8) is 0 Å². The topological polar surface area (TPSA) is 51.2 Å². The smallest absolute Gasteiger partial charge is 0.168 e. The van der Waals surface area contributed by atoms with Gasteiger partial charge in [0.2, 0.25) is 0 Å². The van der Waals surface area contributed by atoms with Crippen molar-refractivity contribution in [2.24, 2.45) is 0 Å². The molecule has 4 nitrogen and oxygen atoms in total. The molecule has 0 spiro atoms. The Morgan fingerprint density at radius 1 is 1.27 bits per heavy atom. The van der Waals surface area contributed by atoms with Crippen molar-refractivity contribution in [2.75, 3.05) is 19.7 Å². The fourth-order valence-electron chi connectivity index (χ4n) is 2.41. The molecule has 2 heterocycles. The number of halogens is 1. The third-order valence-electron chi connectivity index (χ3n) is 3.64. The van der Waals surface area contributed by atoms with Crippen LogP contribution >= 0.6 is 0 Å². The highest BCUT2D eigenvalue weighted by molar-refractivity contribution is 5.97. The SMILES string of the molecule is O=C(Cc1ccc(F)cc1)c1ccc(C2CNCCO2)nc1. The van der Waals surface area contributed by atoms with Gasteiger partial charge in [0.25, 0.3) is 0 Å². The Balaban J connectivity index is 1.66. The van der Waals surface area contributed by atoms with Crippen molar-refractivity contribution in [1.29, 1.82) is 0 Å². The number of ether oxygens (including phenoxy) is 1. The third kappa shape index (κ3) is 3.55. The van der Waals surface area contributed by atoms with Gasteiger partial charge >= 0.3 is 0 Å². The summed E-state index contributed by atoms with van der Waals surface area (Å²) in [6.45, 7) is 2.25. The number of hydrogen-bond acceptors (Lipinski definition) is 4. The fraction of sp³-hybridized carbons (Fsp3) is 0.294. The fourth-order valence-corrected chi connectivity index (χ4v) is 2.41. The van der Waals surface area contributed by atoms with E-state index in [0.29, 0.717) is 12.2 Å². The van der Waals surface area contributed by atoms with Gasteiger partial charge in [-0.15, -0.1) is 0 Å². The first-order valence-electron chi connectivity index (χ1n) is 7.28. The van der Waals surface area contributed by atoms with Crippen molar-refractivity contribution < 1.29 is 13.9 Å². The summed E-state index contributed by atoms with van der Waals surface area (Å²) in [5.74, 6) is -0.336. The molecule has 1 atom stereocenters. The summed E-state index contributed by atoms with van der Waals surface area (Å²) in [6, 6.07) is 9.56. The highest BCUT2D eigenvalue weighted by Gasteiger charge is 2.17. The van der Waals surface area contributed by atoms with E-state index in [1.54, 1.807) is 24.4 Å². The molecule has 1 aliphatic heterocycles. The molecule has 1 aromatic heterocycles. The second-order valence-electron chi connectivity index (χ2n) is 5.26. The van der Waals surface area contributed by atoms with Crippen LogP contribution in [0.2, 0.25) is 0 Å². The van der Waals surface area contributed by atoms with Gasteiger partial charge in [0.1, 0.15) is 11.9 Å². The molecule has 0 amide bonds. The van der Waals surface area contributed by atoms with Crippen molar-refractivity contribution in [2.45, 2.75) is 12.5 Å². The highest BCUT2D eigenvalue weighted by Crippen LogP contribution is 2.17. The quantitative estimate of drug-likeness (QED) is 0.880. The molecule has 0 radical (unpaired) electrons. The summed E-state index contributed by atoms with van der Waals surface area (Å²) in [7, 11) is 0. The maximum Gasteiger partial charge on any atom is 0.168 e. The zero-order valence-electron chi connectivity index (χ0n) is 12.1. The van der Waals surface area contributed by atoms with Crippen molar-refractivity contribution in [1.82, 2.24) is 10.3 Å². The first-order chi connectivity index (χ1) is 10.7. The maximum absolute atomic E-state index is 12.9. The number of benzene rings is 1. The number of carbonyl (C=O) groups excluding carboxylic acids is 1. The average Bonchev–Trinajstić information content (AvgIpc) is 2.58. The van der Waals surface area contributed by atoms with Crippen LogP contribution in [0.25, 0.3) is 0 Å². The van der Waals surface area contributed by atoms with E-state index in [1.807, 2.05) is 6.07 Å². The van der Waals surface area contributed by atoms with Gasteiger partial charge in [-0.3, -0.25) is 9.78 Å². The number of nitrogens with one attached hydrogen (secondary N) is 1. The van der Waals surface area contributed by atoms with E-state index in [2.05, 4.69) is 10.3 Å². The van der Waals surface area contributed by atoms with Crippen LogP contribution in [0, 0.1) is 5.82 Å². The van der Waals surface area contributed by atoms with Gasteiger partial charge in [-0.2, -0.15) is 0 Å². The molecule has 1 unspecified atom stereocenters. The summed E-state index contributed by atoms with van der Waals surface area (Å²) in [6.07, 6.45) is 1.76. The number of ketones is 1. The molecule has 0 aliphatic carbocycles. The molecular formula is C17H17FN2O2. The van der Waals surface area contributed by atoms with Gasteiger partial charge in [-0.05, 0) is 29.8 Å². The summed E-state index contributed by atoms with van der Waals surface area (Å²) >= 11 is 0. The van der Waals surface area contributed by atoms with Crippen LogP contribution in [0.15, 0.2) is 42.6 Å². The summed E-state index contributed by atoms with van der Waals surface area (Å²) < 4.78 is 18.5. The molecule has 114 valence electrons. The van der Waals surface area contributed by atoms with E-state index >= 15 is 0 Å². The van der Waals surface area contributed by atoms with Gasteiger partial charge in [0.05, 0.1) is 12.3 Å². The zero-order valence-corrected chi connectivity index (χ0v) is 12.1. The number of nitrogens with zero attached hydrogens (tertiary/aromatic N) is 1. The van der Waals surface area contributed by atoms with Gasteiger partial charge in [-0.25, -0.2) is 4.39 Å². The Kier molecular flexibility index (Phi) is 4.56. The first kappa shape index (κ1) is 14.8. The minimum atomic E-state index is -0.302. The standard InChI is InChI=1S/C17H17FN2O2/c18-14-4-1-12(2-5-14)9-16(21)13-3-6-15(20-10-13)17-11-19-7-8-22-17/h1-6,10,17,19H,7-9,11H2. The van der Waals surface area contributed by atoms with E-state index in [1.165, 1.54) is 12.1 Å². The van der Waals surface area contributed by atoms with Crippen LogP contribution in [0.1, 0.15) is 27.7 Å². The van der Waals surface area contributed by atoms with Crippen molar-refractivity contribution >= 4 is 5.78 Å². The van der Waals surface area contributed by atoms with Crippen LogP contribution in [0.4, 0.5) is 4.39 Å². The van der Waals surface area contributed by atoms with E-state index < -0.39 is 0 Å². The predicted octanol–water partition coefficient (Wildman–Crippen LogP) is 2.31. The van der Waals surface area contributed by atoms with Gasteiger partial charge < -0.3 is 10.1 Å². The number of pyridine rings is 1. The van der Waals surface area contributed by atoms with E-state index in [9.17, 15) is 9.18 Å². The molecule has 1 aliphatic rings. The van der Waals surface area contributed by atoms with Crippen LogP contribution < -0.4 is 5.32 Å². The molecule has 2 aromatic rings. The van der Waals surface area contributed by atoms with E-state index in [-0.39, 0.29) is 24.1 Å². The van der Waals surface area contributed by atoms with Gasteiger partial charge in [-0.1, -0.05) is 12.1 Å². The minimum absolute atomic E-state index is 0.0339. The molecule has 3 rings (SSSR count). The Bertz CT molecular complexity index is 635. The number of hydrogen-bond donors (Lipinski definition) is 1. The number of rotatable bonds is 4. The lowest BCUT2D eigenvalue weighted by atomic mass is 10.0. The number of carbonyl (C=O) groups is 1. The van der Waals surface area contributed by atoms with E-state index in [4.69, 9.17) is 4.74 Å². The zero-order chi connectivity index (χ0) is 15.4. The van der Waals surface area contributed by atoms with Gasteiger partial charge in [0, 0.05) is 31.3 Å². The summed E-state index contributed by atoms with van der Waals surface area (Å²) in [5, 5.41) is 3.25. The normalized spacial score (nSPS) is 18.1. The lowest BCUT2D eigenvalue weighted by Crippen LogP contribution is -2.33. The summed E-state index contributed by atoms with van der Waals surface area (Å²) in [4.78, 5) is 16.5. The minimum Gasteiger partial charge on any atom is -0.369 e. The van der Waals surface area contributed by atoms with Crippen LogP contribution in [-0.2, 0) is 11.2 Å². The Hall–Kier alpha value is -2.11. The molecule has 5 heteroatoms. The predicted molar refractivity (Wildman–Crippen MR) is 80.2 cm³/mol. The number of Topliss-reactive ketones (excluding diaryl/α,β-unsaturated/α-hetero) is 1. The largest absolute Gasteiger partial charge is 0.369 e. The number of morpholine rings is 1. The first-order valence-corrected chi connectivity index (χ1v) is 7.28. The molecule has 0 saturated carbocycles. The molecule has 0 bridgehead atoms. The second kappa shape index (κ2) is 6.77. The van der Waals surface area contributed by atoms with Crippen LogP contribution in [0.5, 0.6) is 0 Å². The van der Waals surface area contributed by atoms with Crippen LogP contribution in [-0.4, -0.2) is 30.5 Å². The third-order valence-corrected chi connectivity index (χ3v) is 3.64. The van der Waals surface area contributed by atoms with E-state index in [0.717, 1.165) is 24.3 Å². The second-order valence-corrected chi connectivity index (χ2v) is 5.26. The summed E-state index contributed by atoms with van der Waals surface area (Å²) in [5.41, 5.74) is 2.16. The van der Waals surface area contributed by atoms with Crippen molar-refractivity contribution in [3.8, 4) is 0 Å². The molecule has 1 fully saturated rings. The van der Waals surface area contributed by atoms with Crippen molar-refractivity contribution in [3.05, 3.63) is 65.2 Å². The monoisotopic (exact) mass is 300 g/mol. The highest BCUT2D eigenvalue weighted by atomic mass is 19.1. The molecule has 1 aromatic carbocycles. The molecule has 1 saturated heterocycles. The molecular weight excluding hydrogens is 283 g/mol. The van der Waals surface area contributed by atoms with Gasteiger partial charge in [0.15, 0.2) is 5.78 Å². The average molecular weight is 300 g/mol. The molecule has 1 N–H and O–H groups in total. The number of aromatic nitrogens is 1. The lowest BCUT2D eigenvalue weighted by Gasteiger charge is -2.23. The Morgan fingerprint density at radius 3 is 2.73 bits per heavy atom. The lowest BCUT2D eigenvalue weighted by molar-refractivity contribution is 0.0250. The Morgan fingerprint density at radius 2 is 2.09 bits per heavy atom. The maximum atomic E-state index is 12.9. The van der Waals surface area contributed by atoms with Crippen LogP contribution in [0.3, 0.4) is 0 Å². The molecule has 22 heavy (non-hydrogen) atoms. The Labute approximate surface area is 128 Å².